The van der Waals surface area contributed by atoms with E-state index in [2.05, 4.69) is 0 Å². The van der Waals surface area contributed by atoms with Crippen LogP contribution in [0.1, 0.15) is 71.1 Å². The van der Waals surface area contributed by atoms with Crippen LogP contribution in [0.15, 0.2) is 0 Å². The van der Waals surface area contributed by atoms with Crippen LogP contribution in [0.3, 0.4) is 0 Å². The molecular formula is C15H26O. The minimum atomic E-state index is 0.421. The monoisotopic (exact) mass is 222 g/mol. The Labute approximate surface area is 100.0 Å². The van der Waals surface area contributed by atoms with Gasteiger partial charge < -0.3 is 0 Å². The predicted octanol–water partition coefficient (Wildman–Crippen LogP) is 4.35. The van der Waals surface area contributed by atoms with E-state index in [1.165, 1.54) is 57.8 Å². The average Bonchev–Trinajstić information content (AvgIpc) is 2.39. The van der Waals surface area contributed by atoms with Crippen LogP contribution >= 0.6 is 0 Å². The molecular weight excluding hydrogens is 196 g/mol. The third-order valence-corrected chi connectivity index (χ3v) is 4.89. The third kappa shape index (κ3) is 2.87. The molecule has 0 spiro atoms. The van der Waals surface area contributed by atoms with Crippen LogP contribution in [-0.2, 0) is 4.79 Å². The van der Waals surface area contributed by atoms with E-state index in [0.717, 1.165) is 18.3 Å². The van der Waals surface area contributed by atoms with Gasteiger partial charge in [0.05, 0.1) is 0 Å². The first kappa shape index (κ1) is 12.1. The molecule has 2 rings (SSSR count). The minimum absolute atomic E-state index is 0.421. The molecule has 16 heavy (non-hydrogen) atoms. The molecule has 2 fully saturated rings. The molecule has 0 radical (unpaired) electrons. The lowest BCUT2D eigenvalue weighted by molar-refractivity contribution is -0.123. The Morgan fingerprint density at radius 2 is 1.44 bits per heavy atom. The van der Waals surface area contributed by atoms with Gasteiger partial charge in [0.15, 0.2) is 0 Å². The molecule has 0 aromatic heterocycles. The highest BCUT2D eigenvalue weighted by molar-refractivity contribution is 5.80. The van der Waals surface area contributed by atoms with E-state index >= 15 is 0 Å². The van der Waals surface area contributed by atoms with Gasteiger partial charge in [-0.05, 0) is 37.5 Å². The number of carbonyl (C=O) groups is 1. The first-order chi connectivity index (χ1) is 7.81. The molecule has 0 N–H and O–H groups in total. The quantitative estimate of drug-likeness (QED) is 0.693. The fourth-order valence-electron chi connectivity index (χ4n) is 3.81. The highest BCUT2D eigenvalue weighted by atomic mass is 16.1. The van der Waals surface area contributed by atoms with Gasteiger partial charge >= 0.3 is 0 Å². The molecule has 0 amide bonds. The molecule has 2 saturated carbocycles. The van der Waals surface area contributed by atoms with Crippen molar-refractivity contribution in [1.29, 1.82) is 0 Å². The summed E-state index contributed by atoms with van der Waals surface area (Å²) < 4.78 is 0. The lowest BCUT2D eigenvalue weighted by Crippen LogP contribution is -2.26. The Bertz CT molecular complexity index is 220. The van der Waals surface area contributed by atoms with Crippen LogP contribution in [0.5, 0.6) is 0 Å². The van der Waals surface area contributed by atoms with Crippen molar-refractivity contribution in [3.8, 4) is 0 Å². The summed E-state index contributed by atoms with van der Waals surface area (Å²) in [6, 6.07) is 0. The zero-order valence-electron chi connectivity index (χ0n) is 10.7. The lowest BCUT2D eigenvalue weighted by atomic mass is 9.70. The zero-order chi connectivity index (χ0) is 11.4. The summed E-state index contributed by atoms with van der Waals surface area (Å²) in [5.41, 5.74) is 0. The summed E-state index contributed by atoms with van der Waals surface area (Å²) in [5.74, 6) is 2.90. The predicted molar refractivity (Wildman–Crippen MR) is 67.3 cm³/mol. The second-order valence-electron chi connectivity index (χ2n) is 5.83. The number of rotatable bonds is 3. The van der Waals surface area contributed by atoms with Crippen LogP contribution in [0.25, 0.3) is 0 Å². The first-order valence-corrected chi connectivity index (χ1v) is 7.34. The number of hydrogen-bond acceptors (Lipinski definition) is 1. The largest absolute Gasteiger partial charge is 0.299 e. The standard InChI is InChI=1S/C15H26O/c1-2-15(16)14-10-8-13(9-11-14)12-6-4-3-5-7-12/h12-14H,2-11H2,1H3. The molecule has 0 heterocycles. The van der Waals surface area contributed by atoms with Gasteiger partial charge in [-0.2, -0.15) is 0 Å². The highest BCUT2D eigenvalue weighted by Crippen LogP contribution is 2.40. The van der Waals surface area contributed by atoms with Crippen LogP contribution in [0.2, 0.25) is 0 Å². The SMILES string of the molecule is CCC(=O)C1CCC(C2CCCCC2)CC1. The molecule has 0 aliphatic heterocycles. The van der Waals surface area contributed by atoms with Crippen molar-refractivity contribution in [3.05, 3.63) is 0 Å². The maximum atomic E-state index is 11.6. The molecule has 0 atom stereocenters. The second-order valence-corrected chi connectivity index (χ2v) is 5.83. The Morgan fingerprint density at radius 1 is 0.875 bits per heavy atom. The Morgan fingerprint density at radius 3 is 2.00 bits per heavy atom. The van der Waals surface area contributed by atoms with E-state index in [9.17, 15) is 4.79 Å². The van der Waals surface area contributed by atoms with Crippen LogP contribution in [0.4, 0.5) is 0 Å². The third-order valence-electron chi connectivity index (χ3n) is 4.89. The molecule has 92 valence electrons. The molecule has 0 aromatic rings. The van der Waals surface area contributed by atoms with Gasteiger partial charge in [-0.15, -0.1) is 0 Å². The minimum Gasteiger partial charge on any atom is -0.299 e. The highest BCUT2D eigenvalue weighted by Gasteiger charge is 2.30. The molecule has 0 saturated heterocycles. The first-order valence-electron chi connectivity index (χ1n) is 7.34. The average molecular weight is 222 g/mol. The zero-order valence-corrected chi connectivity index (χ0v) is 10.7. The van der Waals surface area contributed by atoms with E-state index in [1.54, 1.807) is 0 Å². The summed E-state index contributed by atoms with van der Waals surface area (Å²) in [7, 11) is 0. The number of carbonyl (C=O) groups excluding carboxylic acids is 1. The van der Waals surface area contributed by atoms with E-state index < -0.39 is 0 Å². The van der Waals surface area contributed by atoms with Crippen LogP contribution < -0.4 is 0 Å². The number of Topliss-reactive ketones (excluding diaryl/α,β-unsaturated/α-hetero) is 1. The van der Waals surface area contributed by atoms with Gasteiger partial charge in [-0.25, -0.2) is 0 Å². The fourth-order valence-corrected chi connectivity index (χ4v) is 3.81. The second kappa shape index (κ2) is 5.84. The number of hydrogen-bond donors (Lipinski definition) is 0. The van der Waals surface area contributed by atoms with Crippen molar-refractivity contribution in [3.63, 3.8) is 0 Å². The van der Waals surface area contributed by atoms with Gasteiger partial charge in [0.2, 0.25) is 0 Å². The fraction of sp³-hybridized carbons (Fsp3) is 0.933. The van der Waals surface area contributed by atoms with Gasteiger partial charge in [0.1, 0.15) is 5.78 Å². The molecule has 0 aromatic carbocycles. The van der Waals surface area contributed by atoms with E-state index in [-0.39, 0.29) is 0 Å². The van der Waals surface area contributed by atoms with Crippen molar-refractivity contribution < 1.29 is 4.79 Å². The van der Waals surface area contributed by atoms with E-state index in [4.69, 9.17) is 0 Å². The molecule has 0 bridgehead atoms. The lowest BCUT2D eigenvalue weighted by Gasteiger charge is -2.35. The van der Waals surface area contributed by atoms with Crippen LogP contribution in [-0.4, -0.2) is 5.78 Å². The molecule has 2 aliphatic carbocycles. The number of ketones is 1. The van der Waals surface area contributed by atoms with Gasteiger partial charge in [0, 0.05) is 12.3 Å². The Kier molecular flexibility index (Phi) is 4.43. The summed E-state index contributed by atoms with van der Waals surface area (Å²) in [6.07, 6.45) is 13.1. The maximum absolute atomic E-state index is 11.6. The van der Waals surface area contributed by atoms with Gasteiger partial charge in [0.25, 0.3) is 0 Å². The Hall–Kier alpha value is -0.330. The summed E-state index contributed by atoms with van der Waals surface area (Å²) in [4.78, 5) is 11.6. The Balaban J connectivity index is 1.78. The topological polar surface area (TPSA) is 17.1 Å². The van der Waals surface area contributed by atoms with Crippen molar-refractivity contribution >= 4 is 5.78 Å². The molecule has 0 unspecified atom stereocenters. The normalized spacial score (nSPS) is 32.6. The van der Waals surface area contributed by atoms with E-state index in [0.29, 0.717) is 11.7 Å². The van der Waals surface area contributed by atoms with E-state index in [1.807, 2.05) is 6.92 Å². The van der Waals surface area contributed by atoms with Crippen molar-refractivity contribution in [1.82, 2.24) is 0 Å². The smallest absolute Gasteiger partial charge is 0.135 e. The van der Waals surface area contributed by atoms with Crippen LogP contribution in [0, 0.1) is 17.8 Å². The van der Waals surface area contributed by atoms with Gasteiger partial charge in [-0.3, -0.25) is 4.79 Å². The maximum Gasteiger partial charge on any atom is 0.135 e. The summed E-state index contributed by atoms with van der Waals surface area (Å²) >= 11 is 0. The summed E-state index contributed by atoms with van der Waals surface area (Å²) in [5, 5.41) is 0. The van der Waals surface area contributed by atoms with Gasteiger partial charge in [-0.1, -0.05) is 39.0 Å². The molecule has 1 nitrogen and oxygen atoms in total. The van der Waals surface area contributed by atoms with Crippen molar-refractivity contribution in [2.75, 3.05) is 0 Å². The molecule has 2 aliphatic rings. The molecule has 1 heteroatoms. The van der Waals surface area contributed by atoms with Crippen molar-refractivity contribution in [2.45, 2.75) is 71.1 Å². The summed E-state index contributed by atoms with van der Waals surface area (Å²) in [6.45, 7) is 2.01. The van der Waals surface area contributed by atoms with Crippen molar-refractivity contribution in [2.24, 2.45) is 17.8 Å².